The van der Waals surface area contributed by atoms with Gasteiger partial charge in [0.05, 0.1) is 12.2 Å². The zero-order valence-corrected chi connectivity index (χ0v) is 10.2. The Morgan fingerprint density at radius 1 is 1.12 bits per heavy atom. The molecule has 1 aromatic rings. The van der Waals surface area contributed by atoms with Crippen molar-refractivity contribution in [2.45, 2.75) is 20.8 Å². The fourth-order valence-corrected chi connectivity index (χ4v) is 1.61. The summed E-state index contributed by atoms with van der Waals surface area (Å²) in [5.74, 6) is -0.256. The fourth-order valence-electron chi connectivity index (χ4n) is 1.61. The van der Waals surface area contributed by atoms with Gasteiger partial charge in [-0.15, -0.1) is 0 Å². The number of rotatable bonds is 5. The molecular weight excluding hydrogens is 202 g/mol. The molecule has 0 saturated carbocycles. The lowest BCUT2D eigenvalue weighted by Gasteiger charge is -2.20. The van der Waals surface area contributed by atoms with Crippen LogP contribution in [0.1, 0.15) is 31.1 Å². The summed E-state index contributed by atoms with van der Waals surface area (Å²) in [6.45, 7) is 8.38. The summed E-state index contributed by atoms with van der Waals surface area (Å²) >= 11 is 0. The van der Waals surface area contributed by atoms with Crippen LogP contribution in [0, 0.1) is 0 Å². The normalized spacial score (nSPS) is 9.94. The van der Waals surface area contributed by atoms with E-state index in [2.05, 4.69) is 18.7 Å². The van der Waals surface area contributed by atoms with Gasteiger partial charge in [-0.2, -0.15) is 0 Å². The SMILES string of the molecule is CCOC(=O)c1ccc(N(CC)CC)cc1. The molecule has 1 aromatic carbocycles. The number of carbonyl (C=O) groups excluding carboxylic acids is 1. The highest BCUT2D eigenvalue weighted by molar-refractivity contribution is 5.89. The Balaban J connectivity index is 2.78. The van der Waals surface area contributed by atoms with Crippen LogP contribution in [0.25, 0.3) is 0 Å². The number of anilines is 1. The lowest BCUT2D eigenvalue weighted by Crippen LogP contribution is -2.21. The summed E-state index contributed by atoms with van der Waals surface area (Å²) in [7, 11) is 0. The number of benzene rings is 1. The Kier molecular flexibility index (Phi) is 4.83. The third-order valence-electron chi connectivity index (χ3n) is 2.51. The molecule has 0 fully saturated rings. The summed E-state index contributed by atoms with van der Waals surface area (Å²) < 4.78 is 4.93. The maximum absolute atomic E-state index is 11.4. The molecule has 0 aliphatic carbocycles. The van der Waals surface area contributed by atoms with Crippen LogP contribution >= 0.6 is 0 Å². The van der Waals surface area contributed by atoms with Gasteiger partial charge in [0.15, 0.2) is 0 Å². The number of ether oxygens (including phenoxy) is 1. The molecule has 88 valence electrons. The molecular formula is C13H19NO2. The topological polar surface area (TPSA) is 29.5 Å². The highest BCUT2D eigenvalue weighted by Crippen LogP contribution is 2.15. The number of hydrogen-bond donors (Lipinski definition) is 0. The largest absolute Gasteiger partial charge is 0.462 e. The van der Waals surface area contributed by atoms with E-state index in [1.54, 1.807) is 0 Å². The van der Waals surface area contributed by atoms with E-state index in [1.165, 1.54) is 0 Å². The van der Waals surface area contributed by atoms with E-state index in [9.17, 15) is 4.79 Å². The Labute approximate surface area is 97.0 Å². The van der Waals surface area contributed by atoms with Gasteiger partial charge < -0.3 is 9.64 Å². The predicted octanol–water partition coefficient (Wildman–Crippen LogP) is 2.71. The molecule has 0 spiro atoms. The highest BCUT2D eigenvalue weighted by atomic mass is 16.5. The van der Waals surface area contributed by atoms with Gasteiger partial charge >= 0.3 is 5.97 Å². The van der Waals surface area contributed by atoms with Crippen LogP contribution in [0.3, 0.4) is 0 Å². The Hall–Kier alpha value is -1.51. The molecule has 0 heterocycles. The molecule has 16 heavy (non-hydrogen) atoms. The molecule has 0 bridgehead atoms. The van der Waals surface area contributed by atoms with Crippen molar-refractivity contribution in [1.82, 2.24) is 0 Å². The summed E-state index contributed by atoms with van der Waals surface area (Å²) in [6, 6.07) is 7.54. The van der Waals surface area contributed by atoms with Crippen molar-refractivity contribution in [3.8, 4) is 0 Å². The fraction of sp³-hybridized carbons (Fsp3) is 0.462. The van der Waals surface area contributed by atoms with Crippen molar-refractivity contribution in [3.63, 3.8) is 0 Å². The second-order valence-electron chi connectivity index (χ2n) is 3.44. The summed E-state index contributed by atoms with van der Waals surface area (Å²) in [5, 5.41) is 0. The number of esters is 1. The molecule has 0 aliphatic rings. The van der Waals surface area contributed by atoms with E-state index >= 15 is 0 Å². The van der Waals surface area contributed by atoms with E-state index in [1.807, 2.05) is 31.2 Å². The van der Waals surface area contributed by atoms with Gasteiger partial charge in [0.25, 0.3) is 0 Å². The lowest BCUT2D eigenvalue weighted by atomic mass is 10.2. The van der Waals surface area contributed by atoms with Gasteiger partial charge in [0, 0.05) is 18.8 Å². The highest BCUT2D eigenvalue weighted by Gasteiger charge is 2.07. The van der Waals surface area contributed by atoms with Crippen LogP contribution in [0.5, 0.6) is 0 Å². The zero-order chi connectivity index (χ0) is 12.0. The molecule has 0 aromatic heterocycles. The van der Waals surface area contributed by atoms with Crippen LogP contribution in [-0.4, -0.2) is 25.7 Å². The molecule has 0 saturated heterocycles. The second-order valence-corrected chi connectivity index (χ2v) is 3.44. The maximum Gasteiger partial charge on any atom is 0.338 e. The Morgan fingerprint density at radius 3 is 2.12 bits per heavy atom. The molecule has 0 radical (unpaired) electrons. The van der Waals surface area contributed by atoms with Crippen molar-refractivity contribution < 1.29 is 9.53 Å². The van der Waals surface area contributed by atoms with Gasteiger partial charge in [-0.25, -0.2) is 4.79 Å². The van der Waals surface area contributed by atoms with Crippen molar-refractivity contribution in [2.75, 3.05) is 24.6 Å². The first-order valence-corrected chi connectivity index (χ1v) is 5.75. The zero-order valence-electron chi connectivity index (χ0n) is 10.2. The second kappa shape index (κ2) is 6.16. The first-order chi connectivity index (χ1) is 7.72. The van der Waals surface area contributed by atoms with E-state index in [4.69, 9.17) is 4.74 Å². The van der Waals surface area contributed by atoms with Gasteiger partial charge in [-0.1, -0.05) is 0 Å². The van der Waals surface area contributed by atoms with Crippen molar-refractivity contribution in [2.24, 2.45) is 0 Å². The van der Waals surface area contributed by atoms with Gasteiger partial charge in [-0.05, 0) is 45.0 Å². The van der Waals surface area contributed by atoms with Gasteiger partial charge in [-0.3, -0.25) is 0 Å². The summed E-state index contributed by atoms with van der Waals surface area (Å²) in [5.41, 5.74) is 1.75. The predicted molar refractivity (Wildman–Crippen MR) is 66.0 cm³/mol. The van der Waals surface area contributed by atoms with Crippen LogP contribution < -0.4 is 4.90 Å². The standard InChI is InChI=1S/C13H19NO2/c1-4-14(5-2)12-9-7-11(8-10-12)13(15)16-6-3/h7-10H,4-6H2,1-3H3. The molecule has 0 unspecified atom stereocenters. The minimum Gasteiger partial charge on any atom is -0.462 e. The van der Waals surface area contributed by atoms with Crippen LogP contribution in [0.2, 0.25) is 0 Å². The van der Waals surface area contributed by atoms with Crippen LogP contribution in [-0.2, 0) is 4.74 Å². The molecule has 0 atom stereocenters. The van der Waals surface area contributed by atoms with Crippen molar-refractivity contribution >= 4 is 11.7 Å². The van der Waals surface area contributed by atoms with Gasteiger partial charge in [0.1, 0.15) is 0 Å². The summed E-state index contributed by atoms with van der Waals surface area (Å²) in [6.07, 6.45) is 0. The Bertz CT molecular complexity index is 328. The van der Waals surface area contributed by atoms with E-state index < -0.39 is 0 Å². The minimum atomic E-state index is -0.256. The smallest absolute Gasteiger partial charge is 0.338 e. The quantitative estimate of drug-likeness (QED) is 0.716. The average molecular weight is 221 g/mol. The minimum absolute atomic E-state index is 0.256. The van der Waals surface area contributed by atoms with Crippen LogP contribution in [0.4, 0.5) is 5.69 Å². The number of nitrogens with zero attached hydrogens (tertiary/aromatic N) is 1. The third-order valence-corrected chi connectivity index (χ3v) is 2.51. The monoisotopic (exact) mass is 221 g/mol. The number of carbonyl (C=O) groups is 1. The Morgan fingerprint density at radius 2 is 1.69 bits per heavy atom. The van der Waals surface area contributed by atoms with E-state index in [0.717, 1.165) is 18.8 Å². The van der Waals surface area contributed by atoms with Crippen molar-refractivity contribution in [1.29, 1.82) is 0 Å². The van der Waals surface area contributed by atoms with Gasteiger partial charge in [0.2, 0.25) is 0 Å². The first-order valence-electron chi connectivity index (χ1n) is 5.75. The molecule has 1 rings (SSSR count). The first kappa shape index (κ1) is 12.6. The van der Waals surface area contributed by atoms with E-state index in [0.29, 0.717) is 12.2 Å². The molecule has 0 N–H and O–H groups in total. The lowest BCUT2D eigenvalue weighted by molar-refractivity contribution is 0.0526. The molecule has 0 aliphatic heterocycles. The molecule has 0 amide bonds. The molecule has 3 nitrogen and oxygen atoms in total. The van der Waals surface area contributed by atoms with Crippen LogP contribution in [0.15, 0.2) is 24.3 Å². The van der Waals surface area contributed by atoms with Crippen molar-refractivity contribution in [3.05, 3.63) is 29.8 Å². The average Bonchev–Trinajstić information content (AvgIpc) is 2.32. The number of hydrogen-bond acceptors (Lipinski definition) is 3. The summed E-state index contributed by atoms with van der Waals surface area (Å²) in [4.78, 5) is 13.7. The van der Waals surface area contributed by atoms with E-state index in [-0.39, 0.29) is 5.97 Å². The third kappa shape index (κ3) is 2.99. The molecule has 3 heteroatoms. The maximum atomic E-state index is 11.4.